The Morgan fingerprint density at radius 3 is 2.57 bits per heavy atom. The van der Waals surface area contributed by atoms with E-state index < -0.39 is 0 Å². The fourth-order valence-corrected chi connectivity index (χ4v) is 3.36. The predicted octanol–water partition coefficient (Wildman–Crippen LogP) is 4.47. The number of pyridine rings is 1. The lowest BCUT2D eigenvalue weighted by molar-refractivity contribution is 0.252. The molecule has 2 amide bonds. The number of nitrogens with one attached hydrogen (secondary N) is 3. The number of benzene rings is 2. The average molecular weight is 372 g/mol. The van der Waals surface area contributed by atoms with E-state index in [9.17, 15) is 4.79 Å². The number of carbonyl (C=O) groups excluding carboxylic acids is 1. The van der Waals surface area contributed by atoms with Crippen LogP contribution in [0.5, 0.6) is 0 Å². The first kappa shape index (κ1) is 18.0. The van der Waals surface area contributed by atoms with Gasteiger partial charge >= 0.3 is 6.03 Å². The molecule has 3 N–H and O–H groups in total. The molecule has 1 aliphatic heterocycles. The van der Waals surface area contributed by atoms with Crippen LogP contribution >= 0.6 is 0 Å². The molecular weight excluding hydrogens is 348 g/mol. The molecular formula is C23H24N4O. The summed E-state index contributed by atoms with van der Waals surface area (Å²) in [6, 6.07) is 22.0. The van der Waals surface area contributed by atoms with Crippen molar-refractivity contribution in [3.8, 4) is 11.1 Å². The lowest BCUT2D eigenvalue weighted by Crippen LogP contribution is -2.30. The highest BCUT2D eigenvalue weighted by Gasteiger charge is 2.10. The number of aryl methyl sites for hydroxylation is 1. The summed E-state index contributed by atoms with van der Waals surface area (Å²) < 4.78 is 0. The molecule has 28 heavy (non-hydrogen) atoms. The van der Waals surface area contributed by atoms with Gasteiger partial charge in [0.25, 0.3) is 0 Å². The number of fused-ring (bicyclic) bond motifs is 1. The van der Waals surface area contributed by atoms with Gasteiger partial charge in [0.1, 0.15) is 5.82 Å². The first-order valence-corrected chi connectivity index (χ1v) is 9.71. The molecule has 5 heteroatoms. The van der Waals surface area contributed by atoms with Crippen LogP contribution in [0, 0.1) is 0 Å². The SMILES string of the molecule is O=C(NCCc1ccc2c(n1)NCCC2)Nc1ccc(-c2ccccc2)cc1. The zero-order valence-electron chi connectivity index (χ0n) is 15.7. The first-order valence-electron chi connectivity index (χ1n) is 9.71. The highest BCUT2D eigenvalue weighted by molar-refractivity contribution is 5.89. The second kappa shape index (κ2) is 8.57. The van der Waals surface area contributed by atoms with Gasteiger partial charge in [-0.25, -0.2) is 9.78 Å². The number of hydrogen-bond donors (Lipinski definition) is 3. The number of rotatable bonds is 5. The minimum absolute atomic E-state index is 0.205. The number of urea groups is 1. The van der Waals surface area contributed by atoms with Crippen LogP contribution in [0.1, 0.15) is 17.7 Å². The Morgan fingerprint density at radius 2 is 1.75 bits per heavy atom. The van der Waals surface area contributed by atoms with Crippen molar-refractivity contribution >= 4 is 17.5 Å². The number of carbonyl (C=O) groups is 1. The van der Waals surface area contributed by atoms with Crippen molar-refractivity contribution in [1.29, 1.82) is 0 Å². The Labute approximate surface area is 165 Å². The summed E-state index contributed by atoms with van der Waals surface area (Å²) in [7, 11) is 0. The van der Waals surface area contributed by atoms with Gasteiger partial charge in [-0.05, 0) is 47.7 Å². The van der Waals surface area contributed by atoms with E-state index in [1.54, 1.807) is 0 Å². The summed E-state index contributed by atoms with van der Waals surface area (Å²) >= 11 is 0. The largest absolute Gasteiger partial charge is 0.370 e. The van der Waals surface area contributed by atoms with Crippen LogP contribution in [0.4, 0.5) is 16.3 Å². The van der Waals surface area contributed by atoms with E-state index in [1.165, 1.54) is 5.56 Å². The fourth-order valence-electron chi connectivity index (χ4n) is 3.36. The van der Waals surface area contributed by atoms with Crippen LogP contribution in [-0.4, -0.2) is 24.1 Å². The number of nitrogens with zero attached hydrogens (tertiary/aromatic N) is 1. The van der Waals surface area contributed by atoms with E-state index in [2.05, 4.69) is 39.1 Å². The van der Waals surface area contributed by atoms with Gasteiger partial charge in [0.05, 0.1) is 0 Å². The molecule has 0 atom stereocenters. The van der Waals surface area contributed by atoms with Crippen molar-refractivity contribution in [2.24, 2.45) is 0 Å². The van der Waals surface area contributed by atoms with Crippen molar-refractivity contribution in [3.63, 3.8) is 0 Å². The maximum absolute atomic E-state index is 12.1. The monoisotopic (exact) mass is 372 g/mol. The lowest BCUT2D eigenvalue weighted by atomic mass is 10.1. The van der Waals surface area contributed by atoms with Crippen molar-refractivity contribution in [1.82, 2.24) is 10.3 Å². The molecule has 4 rings (SSSR count). The number of anilines is 2. The number of amides is 2. The van der Waals surface area contributed by atoms with Crippen LogP contribution in [0.15, 0.2) is 66.7 Å². The molecule has 0 fully saturated rings. The Bertz CT molecular complexity index is 939. The molecule has 142 valence electrons. The van der Waals surface area contributed by atoms with Crippen molar-refractivity contribution in [2.75, 3.05) is 23.7 Å². The van der Waals surface area contributed by atoms with Crippen LogP contribution < -0.4 is 16.0 Å². The van der Waals surface area contributed by atoms with Crippen LogP contribution in [-0.2, 0) is 12.8 Å². The van der Waals surface area contributed by atoms with Gasteiger partial charge in [-0.2, -0.15) is 0 Å². The maximum Gasteiger partial charge on any atom is 0.319 e. The van der Waals surface area contributed by atoms with Gasteiger partial charge in [-0.3, -0.25) is 0 Å². The summed E-state index contributed by atoms with van der Waals surface area (Å²) in [6.45, 7) is 1.52. The summed E-state index contributed by atoms with van der Waals surface area (Å²) in [4.78, 5) is 16.8. The van der Waals surface area contributed by atoms with E-state index in [0.29, 0.717) is 13.0 Å². The summed E-state index contributed by atoms with van der Waals surface area (Å²) in [5.74, 6) is 0.992. The second-order valence-electron chi connectivity index (χ2n) is 6.91. The second-order valence-corrected chi connectivity index (χ2v) is 6.91. The minimum Gasteiger partial charge on any atom is -0.370 e. The molecule has 2 heterocycles. The van der Waals surface area contributed by atoms with Gasteiger partial charge in [-0.1, -0.05) is 48.5 Å². The van der Waals surface area contributed by atoms with Crippen LogP contribution in [0.25, 0.3) is 11.1 Å². The van der Waals surface area contributed by atoms with Gasteiger partial charge in [0.15, 0.2) is 0 Å². The highest BCUT2D eigenvalue weighted by Crippen LogP contribution is 2.21. The van der Waals surface area contributed by atoms with Gasteiger partial charge in [-0.15, -0.1) is 0 Å². The molecule has 1 aliphatic rings. The third-order valence-corrected chi connectivity index (χ3v) is 4.87. The van der Waals surface area contributed by atoms with E-state index >= 15 is 0 Å². The van der Waals surface area contributed by atoms with Gasteiger partial charge in [0, 0.05) is 30.9 Å². The molecule has 3 aromatic rings. The lowest BCUT2D eigenvalue weighted by Gasteiger charge is -2.17. The highest BCUT2D eigenvalue weighted by atomic mass is 16.2. The average Bonchev–Trinajstić information content (AvgIpc) is 2.75. The zero-order chi connectivity index (χ0) is 19.2. The molecule has 0 aliphatic carbocycles. The minimum atomic E-state index is -0.205. The standard InChI is InChI=1S/C23H24N4O/c28-23(25-16-14-21-13-10-19-7-4-15-24-22(19)26-21)27-20-11-8-18(9-12-20)17-5-2-1-3-6-17/h1-3,5-6,8-13H,4,7,14-16H2,(H,24,26)(H2,25,27,28). The molecule has 0 unspecified atom stereocenters. The normalized spacial score (nSPS) is 12.6. The molecule has 5 nitrogen and oxygen atoms in total. The number of aromatic nitrogens is 1. The number of hydrogen-bond acceptors (Lipinski definition) is 3. The smallest absolute Gasteiger partial charge is 0.319 e. The van der Waals surface area contributed by atoms with Crippen molar-refractivity contribution in [2.45, 2.75) is 19.3 Å². The Balaban J connectivity index is 1.26. The topological polar surface area (TPSA) is 66.0 Å². The first-order chi connectivity index (χ1) is 13.8. The summed E-state index contributed by atoms with van der Waals surface area (Å²) in [5.41, 5.74) is 5.32. The maximum atomic E-state index is 12.1. The van der Waals surface area contributed by atoms with Crippen LogP contribution in [0.2, 0.25) is 0 Å². The molecule has 0 radical (unpaired) electrons. The zero-order valence-corrected chi connectivity index (χ0v) is 15.7. The third kappa shape index (κ3) is 4.49. The third-order valence-electron chi connectivity index (χ3n) is 4.87. The van der Waals surface area contributed by atoms with E-state index in [-0.39, 0.29) is 6.03 Å². The Kier molecular flexibility index (Phi) is 5.52. The molecule has 2 aromatic carbocycles. The fraction of sp³-hybridized carbons (Fsp3) is 0.217. The van der Waals surface area contributed by atoms with E-state index in [1.807, 2.05) is 48.5 Å². The molecule has 0 spiro atoms. The van der Waals surface area contributed by atoms with Gasteiger partial charge < -0.3 is 16.0 Å². The Hall–Kier alpha value is -3.34. The van der Waals surface area contributed by atoms with Crippen molar-refractivity contribution < 1.29 is 4.79 Å². The molecule has 0 bridgehead atoms. The Morgan fingerprint density at radius 1 is 0.964 bits per heavy atom. The van der Waals surface area contributed by atoms with Crippen LogP contribution in [0.3, 0.4) is 0 Å². The van der Waals surface area contributed by atoms with Gasteiger partial charge in [0.2, 0.25) is 0 Å². The van der Waals surface area contributed by atoms with E-state index in [0.717, 1.165) is 47.7 Å². The van der Waals surface area contributed by atoms with E-state index in [4.69, 9.17) is 0 Å². The van der Waals surface area contributed by atoms with Crippen molar-refractivity contribution in [3.05, 3.63) is 78.0 Å². The molecule has 0 saturated carbocycles. The summed E-state index contributed by atoms with van der Waals surface area (Å²) in [5, 5.41) is 9.11. The molecule has 0 saturated heterocycles. The summed E-state index contributed by atoms with van der Waals surface area (Å²) in [6.07, 6.45) is 2.94. The molecule has 1 aromatic heterocycles. The quantitative estimate of drug-likeness (QED) is 0.619. The predicted molar refractivity (Wildman–Crippen MR) is 114 cm³/mol.